The van der Waals surface area contributed by atoms with Crippen LogP contribution < -0.4 is 10.5 Å². The zero-order chi connectivity index (χ0) is 26.6. The van der Waals surface area contributed by atoms with Gasteiger partial charge in [0.15, 0.2) is 5.82 Å². The van der Waals surface area contributed by atoms with E-state index >= 15 is 0 Å². The molecular formula is C29H36N6O3. The van der Waals surface area contributed by atoms with Gasteiger partial charge in [0.1, 0.15) is 16.9 Å². The van der Waals surface area contributed by atoms with E-state index in [2.05, 4.69) is 28.2 Å². The van der Waals surface area contributed by atoms with Crippen LogP contribution in [-0.2, 0) is 17.8 Å². The smallest absolute Gasteiger partial charge is 0.254 e. The molecule has 4 heterocycles. The molecule has 3 aromatic heterocycles. The number of hydrogen-bond donors (Lipinski definition) is 1. The van der Waals surface area contributed by atoms with Crippen molar-refractivity contribution in [3.8, 4) is 17.3 Å². The van der Waals surface area contributed by atoms with Crippen LogP contribution in [-0.4, -0.2) is 69.4 Å². The summed E-state index contributed by atoms with van der Waals surface area (Å²) in [7, 11) is 3.34. The van der Waals surface area contributed by atoms with Gasteiger partial charge in [-0.2, -0.15) is 0 Å². The minimum absolute atomic E-state index is 0.0281. The summed E-state index contributed by atoms with van der Waals surface area (Å²) in [5, 5.41) is 1.09. The summed E-state index contributed by atoms with van der Waals surface area (Å²) >= 11 is 0. The van der Waals surface area contributed by atoms with Crippen LogP contribution in [0.25, 0.3) is 33.6 Å². The number of benzene rings is 1. The van der Waals surface area contributed by atoms with Crippen LogP contribution in [0.5, 0.6) is 5.75 Å². The number of likely N-dealkylation sites (tertiary alicyclic amines) is 1. The molecule has 1 saturated carbocycles. The molecule has 0 radical (unpaired) electrons. The minimum atomic E-state index is -0.0439. The average Bonchev–Trinajstić information content (AvgIpc) is 3.50. The van der Waals surface area contributed by atoms with Crippen molar-refractivity contribution in [2.45, 2.75) is 51.9 Å². The van der Waals surface area contributed by atoms with E-state index in [1.807, 2.05) is 36.2 Å². The maximum atomic E-state index is 13.6. The highest BCUT2D eigenvalue weighted by Crippen LogP contribution is 2.38. The number of methoxy groups -OCH3 is 2. The summed E-state index contributed by atoms with van der Waals surface area (Å²) in [5.74, 6) is 2.31. The Hall–Kier alpha value is -3.43. The van der Waals surface area contributed by atoms with Gasteiger partial charge in [-0.15, -0.1) is 0 Å². The monoisotopic (exact) mass is 516 g/mol. The molecule has 3 atom stereocenters. The van der Waals surface area contributed by atoms with Crippen LogP contribution in [0.2, 0.25) is 0 Å². The molecule has 9 heteroatoms. The number of pyridine rings is 1. The number of nitrogens with zero attached hydrogens (tertiary/aromatic N) is 5. The number of fused-ring (bicyclic) bond motifs is 2. The van der Waals surface area contributed by atoms with Crippen LogP contribution in [0.15, 0.2) is 36.5 Å². The topological polar surface area (TPSA) is 100 Å². The highest BCUT2D eigenvalue weighted by atomic mass is 16.5. The summed E-state index contributed by atoms with van der Waals surface area (Å²) in [6.07, 6.45) is 4.32. The Morgan fingerprint density at radius 1 is 1.16 bits per heavy atom. The number of hydrogen-bond acceptors (Lipinski definition) is 6. The molecule has 38 heavy (non-hydrogen) atoms. The Balaban J connectivity index is 1.51. The van der Waals surface area contributed by atoms with Gasteiger partial charge < -0.3 is 29.2 Å². The highest BCUT2D eigenvalue weighted by Gasteiger charge is 2.37. The maximum Gasteiger partial charge on any atom is 0.254 e. The fourth-order valence-corrected chi connectivity index (χ4v) is 5.84. The second-order valence-corrected chi connectivity index (χ2v) is 10.9. The van der Waals surface area contributed by atoms with E-state index in [1.165, 1.54) is 12.8 Å². The first-order valence-electron chi connectivity index (χ1n) is 13.5. The van der Waals surface area contributed by atoms with Gasteiger partial charge in [0.2, 0.25) is 0 Å². The molecule has 1 aliphatic heterocycles. The van der Waals surface area contributed by atoms with Crippen molar-refractivity contribution in [3.63, 3.8) is 0 Å². The molecule has 6 rings (SSSR count). The molecule has 2 fully saturated rings. The van der Waals surface area contributed by atoms with Gasteiger partial charge in [-0.05, 0) is 61.9 Å². The lowest BCUT2D eigenvalue weighted by molar-refractivity contribution is 0.0739. The lowest BCUT2D eigenvalue weighted by atomic mass is 10.0. The minimum Gasteiger partial charge on any atom is -0.494 e. The van der Waals surface area contributed by atoms with Crippen LogP contribution in [0.1, 0.15) is 37.0 Å². The number of nitrogens with two attached hydrogens (primary N) is 1. The zero-order valence-electron chi connectivity index (χ0n) is 22.6. The molecule has 1 aliphatic carbocycles. The Morgan fingerprint density at radius 2 is 1.97 bits per heavy atom. The summed E-state index contributed by atoms with van der Waals surface area (Å²) in [6.45, 7) is 6.78. The van der Waals surface area contributed by atoms with Crippen molar-refractivity contribution < 1.29 is 14.3 Å². The number of imidazole rings is 1. The van der Waals surface area contributed by atoms with E-state index in [1.54, 1.807) is 14.2 Å². The molecule has 9 nitrogen and oxygen atoms in total. The zero-order valence-corrected chi connectivity index (χ0v) is 22.6. The summed E-state index contributed by atoms with van der Waals surface area (Å²) < 4.78 is 15.8. The fourth-order valence-electron chi connectivity index (χ4n) is 5.84. The third-order valence-corrected chi connectivity index (χ3v) is 8.27. The molecule has 2 aliphatic rings. The lowest BCUT2D eigenvalue weighted by Crippen LogP contribution is -2.40. The normalized spacial score (nSPS) is 21.6. The highest BCUT2D eigenvalue weighted by molar-refractivity contribution is 6.00. The third kappa shape index (κ3) is 4.14. The maximum absolute atomic E-state index is 13.6. The van der Waals surface area contributed by atoms with E-state index in [4.69, 9.17) is 25.2 Å². The molecular weight excluding hydrogens is 480 g/mol. The largest absolute Gasteiger partial charge is 0.494 e. The Morgan fingerprint density at radius 3 is 2.66 bits per heavy atom. The number of rotatable bonds is 8. The Kier molecular flexibility index (Phi) is 6.36. The Bertz CT molecular complexity index is 1500. The van der Waals surface area contributed by atoms with Gasteiger partial charge in [-0.3, -0.25) is 4.79 Å². The first kappa shape index (κ1) is 24.9. The predicted molar refractivity (Wildman–Crippen MR) is 147 cm³/mol. The molecule has 1 aromatic carbocycles. The van der Waals surface area contributed by atoms with Crippen LogP contribution >= 0.6 is 0 Å². The molecule has 2 N–H and O–H groups in total. The van der Waals surface area contributed by atoms with Crippen molar-refractivity contribution in [3.05, 3.63) is 42.1 Å². The number of ether oxygens (including phenoxy) is 2. The molecule has 0 bridgehead atoms. The average molecular weight is 517 g/mol. The van der Waals surface area contributed by atoms with Gasteiger partial charge in [0.25, 0.3) is 5.91 Å². The summed E-state index contributed by atoms with van der Waals surface area (Å²) in [5.41, 5.74) is 10.5. The molecule has 200 valence electrons. The number of aromatic nitrogens is 4. The summed E-state index contributed by atoms with van der Waals surface area (Å²) in [6, 6.07) is 9.89. The lowest BCUT2D eigenvalue weighted by Gasteiger charge is -2.23. The third-order valence-electron chi connectivity index (χ3n) is 8.27. The van der Waals surface area contributed by atoms with Crippen molar-refractivity contribution in [1.82, 2.24) is 24.0 Å². The standard InChI is InChI=1S/C29H36N6O3/c1-17-15-34(18(2)25(17)30)29(36)21-12-22-26(24(14-21)38-4)33(10-11-37-3)28(32-22)23-13-20-6-5-9-31-27(20)35(23)16-19-7-8-19/h5-6,9,12-14,17-19,25H,7-8,10-11,15-16,30H2,1-4H3/t17?,18?,25-/m1/s1. The predicted octanol–water partition coefficient (Wildman–Crippen LogP) is 3.93. The molecule has 0 spiro atoms. The second kappa shape index (κ2) is 9.71. The second-order valence-electron chi connectivity index (χ2n) is 10.9. The first-order chi connectivity index (χ1) is 18.4. The molecule has 1 amide bonds. The SMILES string of the molecule is COCCn1c(-c2cc3cccnc3n2CC2CC2)nc2cc(C(=O)N3CC(C)[C@@H](N)C3C)cc(OC)c21. The number of amides is 1. The van der Waals surface area contributed by atoms with Crippen LogP contribution in [0.4, 0.5) is 0 Å². The van der Waals surface area contributed by atoms with Crippen molar-refractivity contribution in [1.29, 1.82) is 0 Å². The van der Waals surface area contributed by atoms with Crippen molar-refractivity contribution in [2.24, 2.45) is 17.6 Å². The van der Waals surface area contributed by atoms with E-state index in [0.717, 1.165) is 40.1 Å². The van der Waals surface area contributed by atoms with E-state index in [9.17, 15) is 4.79 Å². The van der Waals surface area contributed by atoms with Crippen molar-refractivity contribution >= 4 is 28.0 Å². The van der Waals surface area contributed by atoms with Gasteiger partial charge in [-0.25, -0.2) is 9.97 Å². The van der Waals surface area contributed by atoms with Gasteiger partial charge in [0, 0.05) is 56.0 Å². The van der Waals surface area contributed by atoms with Gasteiger partial charge >= 0.3 is 0 Å². The molecule has 1 saturated heterocycles. The number of carbonyl (C=O) groups excluding carboxylic acids is 1. The van der Waals surface area contributed by atoms with Crippen LogP contribution in [0.3, 0.4) is 0 Å². The van der Waals surface area contributed by atoms with E-state index in [0.29, 0.717) is 36.9 Å². The quantitative estimate of drug-likeness (QED) is 0.381. The molecule has 2 unspecified atom stereocenters. The Labute approximate surface area is 222 Å². The van der Waals surface area contributed by atoms with E-state index in [-0.39, 0.29) is 23.9 Å². The van der Waals surface area contributed by atoms with Gasteiger partial charge in [-0.1, -0.05) is 6.92 Å². The van der Waals surface area contributed by atoms with Crippen molar-refractivity contribution in [2.75, 3.05) is 27.4 Å². The van der Waals surface area contributed by atoms with Crippen LogP contribution in [0, 0.1) is 11.8 Å². The molecule has 4 aromatic rings. The van der Waals surface area contributed by atoms with Gasteiger partial charge in [0.05, 0.1) is 24.9 Å². The summed E-state index contributed by atoms with van der Waals surface area (Å²) in [4.78, 5) is 25.3. The van der Waals surface area contributed by atoms with E-state index < -0.39 is 0 Å². The number of carbonyl (C=O) groups is 1. The fraction of sp³-hybridized carbons (Fsp3) is 0.483. The first-order valence-corrected chi connectivity index (χ1v) is 13.5.